The molecule has 1 heterocycles. The fourth-order valence-electron chi connectivity index (χ4n) is 0.979. The standard InChI is InChI=1S/C9H12F2N2S/c1-3-12-8-6(10)5-7(11)9(13-8)14-4-2/h5H,3-4H2,1-2H3,(H,12,13). The van der Waals surface area contributed by atoms with Crippen LogP contribution < -0.4 is 5.32 Å². The lowest BCUT2D eigenvalue weighted by Gasteiger charge is -2.06. The lowest BCUT2D eigenvalue weighted by atomic mass is 10.4. The highest BCUT2D eigenvalue weighted by Gasteiger charge is 2.10. The molecule has 0 radical (unpaired) electrons. The van der Waals surface area contributed by atoms with Crippen LogP contribution in [0.3, 0.4) is 0 Å². The third-order valence-corrected chi connectivity index (χ3v) is 2.37. The molecule has 0 aromatic carbocycles. The summed E-state index contributed by atoms with van der Waals surface area (Å²) >= 11 is 1.26. The van der Waals surface area contributed by atoms with E-state index in [1.54, 1.807) is 0 Å². The predicted octanol–water partition coefficient (Wildman–Crippen LogP) is 2.90. The van der Waals surface area contributed by atoms with Gasteiger partial charge < -0.3 is 5.32 Å². The normalized spacial score (nSPS) is 10.3. The van der Waals surface area contributed by atoms with Gasteiger partial charge in [0.2, 0.25) is 0 Å². The van der Waals surface area contributed by atoms with Crippen molar-refractivity contribution in [2.75, 3.05) is 17.6 Å². The van der Waals surface area contributed by atoms with Crippen molar-refractivity contribution >= 4 is 17.6 Å². The van der Waals surface area contributed by atoms with Crippen LogP contribution in [0.4, 0.5) is 14.6 Å². The Kier molecular flexibility index (Phi) is 4.13. The molecule has 0 atom stereocenters. The van der Waals surface area contributed by atoms with E-state index in [1.165, 1.54) is 11.8 Å². The molecule has 0 fully saturated rings. The molecule has 0 aliphatic carbocycles. The highest BCUT2D eigenvalue weighted by Crippen LogP contribution is 2.23. The second-order valence-corrected chi connectivity index (χ2v) is 3.82. The molecule has 14 heavy (non-hydrogen) atoms. The van der Waals surface area contributed by atoms with Crippen LogP contribution in [0.25, 0.3) is 0 Å². The van der Waals surface area contributed by atoms with Gasteiger partial charge in [-0.2, -0.15) is 0 Å². The van der Waals surface area contributed by atoms with Gasteiger partial charge in [-0.3, -0.25) is 0 Å². The zero-order valence-electron chi connectivity index (χ0n) is 8.10. The fourth-order valence-corrected chi connectivity index (χ4v) is 1.61. The largest absolute Gasteiger partial charge is 0.368 e. The van der Waals surface area contributed by atoms with E-state index in [-0.39, 0.29) is 10.8 Å². The Hall–Kier alpha value is -0.840. The van der Waals surface area contributed by atoms with E-state index in [4.69, 9.17) is 0 Å². The number of rotatable bonds is 4. The first-order chi connectivity index (χ1) is 6.69. The molecule has 0 unspecified atom stereocenters. The first-order valence-corrected chi connectivity index (χ1v) is 5.40. The van der Waals surface area contributed by atoms with Crippen molar-refractivity contribution in [3.8, 4) is 0 Å². The zero-order valence-corrected chi connectivity index (χ0v) is 8.92. The second kappa shape index (κ2) is 5.14. The zero-order chi connectivity index (χ0) is 10.6. The molecule has 1 aromatic rings. The number of nitrogens with one attached hydrogen (secondary N) is 1. The summed E-state index contributed by atoms with van der Waals surface area (Å²) in [5.41, 5.74) is 0. The van der Waals surface area contributed by atoms with Gasteiger partial charge in [0.05, 0.1) is 0 Å². The maximum atomic E-state index is 13.1. The van der Waals surface area contributed by atoms with Crippen molar-refractivity contribution in [3.05, 3.63) is 17.7 Å². The smallest absolute Gasteiger partial charge is 0.168 e. The first-order valence-electron chi connectivity index (χ1n) is 4.41. The van der Waals surface area contributed by atoms with Crippen LogP contribution in [0.5, 0.6) is 0 Å². The topological polar surface area (TPSA) is 24.9 Å². The van der Waals surface area contributed by atoms with Crippen LogP contribution in [-0.4, -0.2) is 17.3 Å². The van der Waals surface area contributed by atoms with Crippen molar-refractivity contribution in [2.24, 2.45) is 0 Å². The highest BCUT2D eigenvalue weighted by molar-refractivity contribution is 7.99. The monoisotopic (exact) mass is 218 g/mol. The molecule has 0 aliphatic heterocycles. The Morgan fingerprint density at radius 2 is 2.07 bits per heavy atom. The lowest BCUT2D eigenvalue weighted by Crippen LogP contribution is -2.04. The van der Waals surface area contributed by atoms with Crippen LogP contribution in [0.2, 0.25) is 0 Å². The summed E-state index contributed by atoms with van der Waals surface area (Å²) in [6.07, 6.45) is 0. The van der Waals surface area contributed by atoms with Gasteiger partial charge >= 0.3 is 0 Å². The molecule has 0 saturated heterocycles. The van der Waals surface area contributed by atoms with Gasteiger partial charge in [0.15, 0.2) is 17.5 Å². The maximum Gasteiger partial charge on any atom is 0.168 e. The van der Waals surface area contributed by atoms with Crippen molar-refractivity contribution in [3.63, 3.8) is 0 Å². The van der Waals surface area contributed by atoms with E-state index in [0.29, 0.717) is 12.3 Å². The van der Waals surface area contributed by atoms with E-state index in [1.807, 2.05) is 13.8 Å². The minimum absolute atomic E-state index is 0.116. The summed E-state index contributed by atoms with van der Waals surface area (Å²) in [6, 6.07) is 0.864. The van der Waals surface area contributed by atoms with E-state index in [9.17, 15) is 8.78 Å². The van der Waals surface area contributed by atoms with E-state index < -0.39 is 11.6 Å². The number of nitrogens with zero attached hydrogens (tertiary/aromatic N) is 1. The summed E-state index contributed by atoms with van der Waals surface area (Å²) in [4.78, 5) is 3.85. The minimum Gasteiger partial charge on any atom is -0.368 e. The molecule has 2 nitrogen and oxygen atoms in total. The summed E-state index contributed by atoms with van der Waals surface area (Å²) in [5, 5.41) is 2.98. The van der Waals surface area contributed by atoms with Crippen molar-refractivity contribution in [1.82, 2.24) is 4.98 Å². The van der Waals surface area contributed by atoms with Gasteiger partial charge in [0.25, 0.3) is 0 Å². The number of hydrogen-bond acceptors (Lipinski definition) is 3. The van der Waals surface area contributed by atoms with Crippen LogP contribution in [0.15, 0.2) is 11.1 Å². The van der Waals surface area contributed by atoms with Crippen molar-refractivity contribution < 1.29 is 8.78 Å². The molecular formula is C9H12F2N2S. The average Bonchev–Trinajstić information content (AvgIpc) is 2.14. The van der Waals surface area contributed by atoms with E-state index in [0.717, 1.165) is 6.07 Å². The Morgan fingerprint density at radius 3 is 2.64 bits per heavy atom. The quantitative estimate of drug-likeness (QED) is 0.786. The third-order valence-electron chi connectivity index (χ3n) is 1.52. The van der Waals surface area contributed by atoms with Gasteiger partial charge in [0, 0.05) is 12.6 Å². The molecule has 0 spiro atoms. The number of anilines is 1. The molecule has 5 heteroatoms. The summed E-state index contributed by atoms with van der Waals surface area (Å²) in [6.45, 7) is 4.28. The number of pyridine rings is 1. The number of aromatic nitrogens is 1. The summed E-state index contributed by atoms with van der Waals surface area (Å²) < 4.78 is 26.2. The first kappa shape index (κ1) is 11.2. The van der Waals surface area contributed by atoms with E-state index in [2.05, 4.69) is 10.3 Å². The lowest BCUT2D eigenvalue weighted by molar-refractivity contribution is 0.551. The van der Waals surface area contributed by atoms with Gasteiger partial charge in [0.1, 0.15) is 5.03 Å². The molecule has 0 amide bonds. The molecule has 1 aromatic heterocycles. The Bertz CT molecular complexity index is 291. The van der Waals surface area contributed by atoms with Gasteiger partial charge in [-0.15, -0.1) is 11.8 Å². The van der Waals surface area contributed by atoms with Gasteiger partial charge in [-0.1, -0.05) is 6.92 Å². The summed E-state index contributed by atoms with van der Waals surface area (Å²) in [7, 11) is 0. The van der Waals surface area contributed by atoms with Crippen molar-refractivity contribution in [2.45, 2.75) is 18.9 Å². The fraction of sp³-hybridized carbons (Fsp3) is 0.444. The Balaban J connectivity index is 3.00. The van der Waals surface area contributed by atoms with Crippen molar-refractivity contribution in [1.29, 1.82) is 0 Å². The molecule has 0 saturated carbocycles. The molecule has 1 N–H and O–H groups in total. The Morgan fingerprint density at radius 1 is 1.36 bits per heavy atom. The van der Waals surface area contributed by atoms with Gasteiger partial charge in [-0.05, 0) is 12.7 Å². The minimum atomic E-state index is -0.648. The number of hydrogen-bond donors (Lipinski definition) is 1. The second-order valence-electron chi connectivity index (χ2n) is 2.57. The number of halogens is 2. The van der Waals surface area contributed by atoms with Crippen LogP contribution in [-0.2, 0) is 0 Å². The molecular weight excluding hydrogens is 206 g/mol. The van der Waals surface area contributed by atoms with Gasteiger partial charge in [-0.25, -0.2) is 13.8 Å². The van der Waals surface area contributed by atoms with E-state index >= 15 is 0 Å². The molecule has 1 rings (SSSR count). The third kappa shape index (κ3) is 2.57. The van der Waals surface area contributed by atoms with Crippen LogP contribution >= 0.6 is 11.8 Å². The number of thioether (sulfide) groups is 1. The van der Waals surface area contributed by atoms with Crippen LogP contribution in [0.1, 0.15) is 13.8 Å². The molecule has 0 aliphatic rings. The van der Waals surface area contributed by atoms with Crippen LogP contribution in [0, 0.1) is 11.6 Å². The average molecular weight is 218 g/mol. The SMILES string of the molecule is CCNc1nc(SCC)c(F)cc1F. The molecule has 78 valence electrons. The highest BCUT2D eigenvalue weighted by atomic mass is 32.2. The molecule has 0 bridgehead atoms. The predicted molar refractivity (Wildman–Crippen MR) is 54.7 cm³/mol. The maximum absolute atomic E-state index is 13.1. The summed E-state index contributed by atoms with van der Waals surface area (Å²) in [5.74, 6) is -0.424. The Labute approximate surface area is 86.1 Å².